The van der Waals surface area contributed by atoms with Crippen molar-refractivity contribution in [2.75, 3.05) is 5.32 Å². The molecule has 0 saturated carbocycles. The molecule has 0 aromatic heterocycles. The summed E-state index contributed by atoms with van der Waals surface area (Å²) in [5, 5.41) is 11.7. The number of aryl methyl sites for hydroxylation is 1. The Hall–Kier alpha value is -2.40. The Morgan fingerprint density at radius 3 is 2.81 bits per heavy atom. The van der Waals surface area contributed by atoms with Crippen molar-refractivity contribution in [1.29, 1.82) is 0 Å². The van der Waals surface area contributed by atoms with E-state index in [0.29, 0.717) is 24.2 Å². The number of carbonyl (C=O) groups excluding carboxylic acids is 1. The number of rotatable bonds is 3. The number of nitrogens with one attached hydrogen (secondary N) is 1. The maximum absolute atomic E-state index is 13.8. The Bertz CT molecular complexity index is 700. The number of hydrogen-bond donors (Lipinski definition) is 2. The van der Waals surface area contributed by atoms with Gasteiger partial charge in [-0.15, -0.1) is 0 Å². The first-order chi connectivity index (χ1) is 10.2. The third-order valence-electron chi connectivity index (χ3n) is 3.38. The molecule has 2 aromatic rings. The lowest BCUT2D eigenvalue weighted by Crippen LogP contribution is -2.18. The van der Waals surface area contributed by atoms with Crippen molar-refractivity contribution < 1.29 is 19.0 Å². The van der Waals surface area contributed by atoms with Crippen molar-refractivity contribution in [1.82, 2.24) is 0 Å². The molecule has 3 rings (SSSR count). The van der Waals surface area contributed by atoms with Crippen LogP contribution >= 0.6 is 0 Å². The van der Waals surface area contributed by atoms with E-state index >= 15 is 0 Å². The summed E-state index contributed by atoms with van der Waals surface area (Å²) in [6.45, 7) is -0.213. The number of amides is 1. The van der Waals surface area contributed by atoms with Crippen LogP contribution in [0.2, 0.25) is 0 Å². The van der Waals surface area contributed by atoms with Crippen LogP contribution < -0.4 is 10.1 Å². The van der Waals surface area contributed by atoms with Gasteiger partial charge >= 0.3 is 0 Å². The van der Waals surface area contributed by atoms with Crippen molar-refractivity contribution >= 4 is 11.6 Å². The van der Waals surface area contributed by atoms with E-state index in [1.165, 1.54) is 12.1 Å². The van der Waals surface area contributed by atoms with Crippen LogP contribution in [0.5, 0.6) is 11.5 Å². The van der Waals surface area contributed by atoms with Crippen molar-refractivity contribution in [3.05, 3.63) is 53.3 Å². The predicted octanol–water partition coefficient (Wildman–Crippen LogP) is 3.00. The molecule has 108 valence electrons. The molecule has 0 radical (unpaired) electrons. The molecule has 1 aliphatic rings. The summed E-state index contributed by atoms with van der Waals surface area (Å²) in [4.78, 5) is 11.3. The van der Waals surface area contributed by atoms with E-state index in [9.17, 15) is 9.18 Å². The third kappa shape index (κ3) is 2.87. The van der Waals surface area contributed by atoms with E-state index in [1.54, 1.807) is 24.3 Å². The smallest absolute Gasteiger partial charge is 0.224 e. The highest BCUT2D eigenvalue weighted by Gasteiger charge is 2.15. The van der Waals surface area contributed by atoms with Crippen molar-refractivity contribution in [3.8, 4) is 11.5 Å². The number of halogens is 1. The maximum atomic E-state index is 13.8. The van der Waals surface area contributed by atoms with Crippen LogP contribution in [0.1, 0.15) is 17.5 Å². The van der Waals surface area contributed by atoms with E-state index in [0.717, 1.165) is 11.3 Å². The molecule has 0 unspecified atom stereocenters. The van der Waals surface area contributed by atoms with Crippen LogP contribution in [0.25, 0.3) is 0 Å². The van der Waals surface area contributed by atoms with Crippen LogP contribution in [-0.4, -0.2) is 11.0 Å². The fourth-order valence-electron chi connectivity index (χ4n) is 2.28. The topological polar surface area (TPSA) is 58.6 Å². The SMILES string of the molecule is O=C1CCc2cc(Oc3ccc(CO)cc3F)ccc2N1. The molecule has 2 N–H and O–H groups in total. The highest BCUT2D eigenvalue weighted by molar-refractivity contribution is 5.94. The highest BCUT2D eigenvalue weighted by atomic mass is 19.1. The summed E-state index contributed by atoms with van der Waals surface area (Å²) < 4.78 is 19.4. The first-order valence-electron chi connectivity index (χ1n) is 6.65. The van der Waals surface area contributed by atoms with Gasteiger partial charge in [0.2, 0.25) is 5.91 Å². The number of fused-ring (bicyclic) bond motifs is 1. The molecule has 0 fully saturated rings. The van der Waals surface area contributed by atoms with Gasteiger partial charge in [0.25, 0.3) is 0 Å². The minimum atomic E-state index is -0.521. The van der Waals surface area contributed by atoms with Crippen molar-refractivity contribution in [2.24, 2.45) is 0 Å². The Morgan fingerprint density at radius 1 is 1.19 bits per heavy atom. The number of carbonyl (C=O) groups is 1. The van der Waals surface area contributed by atoms with Crippen LogP contribution in [-0.2, 0) is 17.8 Å². The second kappa shape index (κ2) is 5.54. The molecule has 0 saturated heterocycles. The molecule has 2 aromatic carbocycles. The van der Waals surface area contributed by atoms with Gasteiger partial charge in [-0.3, -0.25) is 4.79 Å². The lowest BCUT2D eigenvalue weighted by atomic mass is 10.0. The normalized spacial score (nSPS) is 13.5. The molecule has 1 aliphatic heterocycles. The number of benzene rings is 2. The summed E-state index contributed by atoms with van der Waals surface area (Å²) >= 11 is 0. The van der Waals surface area contributed by atoms with Gasteiger partial charge in [-0.2, -0.15) is 0 Å². The second-order valence-electron chi connectivity index (χ2n) is 4.89. The summed E-state index contributed by atoms with van der Waals surface area (Å²) in [6.07, 6.45) is 1.08. The summed E-state index contributed by atoms with van der Waals surface area (Å²) in [7, 11) is 0. The maximum Gasteiger partial charge on any atom is 0.224 e. The van der Waals surface area contributed by atoms with Gasteiger partial charge in [0.15, 0.2) is 11.6 Å². The molecule has 5 heteroatoms. The summed E-state index contributed by atoms with van der Waals surface area (Å²) in [5.41, 5.74) is 2.24. The average Bonchev–Trinajstić information content (AvgIpc) is 2.49. The number of anilines is 1. The standard InChI is InChI=1S/C16H14FNO3/c17-13-7-10(9-19)1-5-15(13)21-12-3-4-14-11(8-12)2-6-16(20)18-14/h1,3-5,7-8,19H,2,6,9H2,(H,18,20). The van der Waals surface area contributed by atoms with E-state index in [1.807, 2.05) is 0 Å². The van der Waals surface area contributed by atoms with Crippen molar-refractivity contribution in [3.63, 3.8) is 0 Å². The molecular formula is C16H14FNO3. The molecule has 21 heavy (non-hydrogen) atoms. The summed E-state index contributed by atoms with van der Waals surface area (Å²) in [5.74, 6) is 0.0990. The molecule has 0 aliphatic carbocycles. The van der Waals surface area contributed by atoms with Gasteiger partial charge in [-0.25, -0.2) is 4.39 Å². The van der Waals surface area contributed by atoms with Gasteiger partial charge < -0.3 is 15.2 Å². The Morgan fingerprint density at radius 2 is 2.05 bits per heavy atom. The Kier molecular flexibility index (Phi) is 3.58. The average molecular weight is 287 g/mol. The molecule has 1 amide bonds. The summed E-state index contributed by atoms with van der Waals surface area (Å²) in [6, 6.07) is 9.58. The molecule has 0 spiro atoms. The third-order valence-corrected chi connectivity index (χ3v) is 3.38. The molecule has 0 atom stereocenters. The predicted molar refractivity (Wildman–Crippen MR) is 75.8 cm³/mol. The van der Waals surface area contributed by atoms with Gasteiger partial charge in [0, 0.05) is 12.1 Å². The Labute approximate surface area is 121 Å². The van der Waals surface area contributed by atoms with Crippen LogP contribution in [0.4, 0.5) is 10.1 Å². The molecule has 1 heterocycles. The molecular weight excluding hydrogens is 273 g/mol. The minimum absolute atomic E-state index is 0.00167. The molecule has 0 bridgehead atoms. The number of hydrogen-bond acceptors (Lipinski definition) is 3. The van der Waals surface area contributed by atoms with Crippen LogP contribution in [0, 0.1) is 5.82 Å². The fourth-order valence-corrected chi connectivity index (χ4v) is 2.28. The van der Waals surface area contributed by atoms with Gasteiger partial charge in [0.05, 0.1) is 6.61 Å². The van der Waals surface area contributed by atoms with E-state index in [4.69, 9.17) is 9.84 Å². The number of aliphatic hydroxyl groups excluding tert-OH is 1. The molecule has 4 nitrogen and oxygen atoms in total. The number of ether oxygens (including phenoxy) is 1. The fraction of sp³-hybridized carbons (Fsp3) is 0.188. The lowest BCUT2D eigenvalue weighted by molar-refractivity contribution is -0.116. The zero-order chi connectivity index (χ0) is 14.8. The Balaban J connectivity index is 1.84. The van der Waals surface area contributed by atoms with E-state index in [-0.39, 0.29) is 18.3 Å². The first-order valence-corrected chi connectivity index (χ1v) is 6.65. The number of aliphatic hydroxyl groups is 1. The monoisotopic (exact) mass is 287 g/mol. The van der Waals surface area contributed by atoms with E-state index < -0.39 is 5.82 Å². The lowest BCUT2D eigenvalue weighted by Gasteiger charge is -2.17. The quantitative estimate of drug-likeness (QED) is 0.912. The highest BCUT2D eigenvalue weighted by Crippen LogP contribution is 2.30. The van der Waals surface area contributed by atoms with Crippen LogP contribution in [0.3, 0.4) is 0 Å². The van der Waals surface area contributed by atoms with Crippen molar-refractivity contribution in [2.45, 2.75) is 19.4 Å². The van der Waals surface area contributed by atoms with Gasteiger partial charge in [0.1, 0.15) is 5.75 Å². The first kappa shape index (κ1) is 13.6. The second-order valence-corrected chi connectivity index (χ2v) is 4.89. The zero-order valence-electron chi connectivity index (χ0n) is 11.2. The largest absolute Gasteiger partial charge is 0.454 e. The van der Waals surface area contributed by atoms with E-state index in [2.05, 4.69) is 5.32 Å². The zero-order valence-corrected chi connectivity index (χ0v) is 11.2. The van der Waals surface area contributed by atoms with Gasteiger partial charge in [-0.1, -0.05) is 6.07 Å². The van der Waals surface area contributed by atoms with Crippen LogP contribution in [0.15, 0.2) is 36.4 Å². The van der Waals surface area contributed by atoms with Gasteiger partial charge in [-0.05, 0) is 47.9 Å². The minimum Gasteiger partial charge on any atom is -0.454 e.